The normalized spacial score (nSPS) is 10.7. The number of nitrogens with zero attached hydrogens (tertiary/aromatic N) is 1. The molecule has 2 aromatic rings. The average molecular weight is 258 g/mol. The van der Waals surface area contributed by atoms with Crippen LogP contribution in [0.1, 0.15) is 17.3 Å². The minimum absolute atomic E-state index is 0.347. The predicted octanol–water partition coefficient (Wildman–Crippen LogP) is 3.42. The molecule has 84 valence electrons. The maximum Gasteiger partial charge on any atom is 0.339 e. The van der Waals surface area contributed by atoms with E-state index in [1.807, 2.05) is 0 Å². The van der Waals surface area contributed by atoms with Crippen molar-refractivity contribution in [2.75, 3.05) is 6.61 Å². The molecule has 5 heteroatoms. The molecule has 3 nitrogen and oxygen atoms in total. The lowest BCUT2D eigenvalue weighted by atomic mass is 10.3. The summed E-state index contributed by atoms with van der Waals surface area (Å²) in [5.41, 5.74) is 1.23. The Labute approximate surface area is 103 Å². The Kier molecular flexibility index (Phi) is 3.08. The van der Waals surface area contributed by atoms with Gasteiger partial charge in [0.2, 0.25) is 0 Å². The second-order valence-corrected chi connectivity index (χ2v) is 4.06. The fourth-order valence-electron chi connectivity index (χ4n) is 1.47. The molecule has 0 aliphatic rings. The lowest BCUT2D eigenvalue weighted by Gasteiger charge is -1.98. The molecule has 0 aliphatic heterocycles. The molecule has 16 heavy (non-hydrogen) atoms. The summed E-state index contributed by atoms with van der Waals surface area (Å²) >= 11 is 11.8. The Hall–Kier alpha value is -1.19. The summed E-state index contributed by atoms with van der Waals surface area (Å²) in [5.74, 6) is -0.363. The number of ether oxygens (including phenoxy) is 1. The van der Waals surface area contributed by atoms with Gasteiger partial charge in [-0.05, 0) is 25.1 Å². The first-order valence-corrected chi connectivity index (χ1v) is 5.51. The van der Waals surface area contributed by atoms with Gasteiger partial charge in [0, 0.05) is 16.7 Å². The van der Waals surface area contributed by atoms with E-state index in [2.05, 4.69) is 0 Å². The Balaban J connectivity index is 2.51. The van der Waals surface area contributed by atoms with E-state index in [9.17, 15) is 4.79 Å². The van der Waals surface area contributed by atoms with Gasteiger partial charge in [0.15, 0.2) is 0 Å². The van der Waals surface area contributed by atoms with Crippen LogP contribution in [0.25, 0.3) is 5.52 Å². The van der Waals surface area contributed by atoms with Crippen LogP contribution in [0, 0.1) is 0 Å². The fraction of sp³-hybridized carbons (Fsp3) is 0.182. The summed E-state index contributed by atoms with van der Waals surface area (Å²) in [6.07, 6.45) is 1.63. The summed E-state index contributed by atoms with van der Waals surface area (Å²) in [4.78, 5) is 11.5. The van der Waals surface area contributed by atoms with Crippen molar-refractivity contribution < 1.29 is 9.53 Å². The van der Waals surface area contributed by atoms with E-state index in [1.54, 1.807) is 35.7 Å². The zero-order valence-corrected chi connectivity index (χ0v) is 10.0. The van der Waals surface area contributed by atoms with E-state index in [0.717, 1.165) is 5.52 Å². The van der Waals surface area contributed by atoms with E-state index in [-0.39, 0.29) is 5.97 Å². The van der Waals surface area contributed by atoms with E-state index in [4.69, 9.17) is 27.9 Å². The smallest absolute Gasteiger partial charge is 0.339 e. The molecule has 0 aliphatic carbocycles. The molecule has 0 unspecified atom stereocenters. The third kappa shape index (κ3) is 2.01. The lowest BCUT2D eigenvalue weighted by molar-refractivity contribution is 0.0526. The number of halogens is 2. The highest BCUT2D eigenvalue weighted by atomic mass is 35.5. The minimum atomic E-state index is -0.363. The molecular formula is C11H9Cl2NO2. The molecule has 0 saturated carbocycles. The molecule has 0 fully saturated rings. The first-order valence-electron chi connectivity index (χ1n) is 4.76. The van der Waals surface area contributed by atoms with Crippen LogP contribution < -0.4 is 0 Å². The molecule has 0 spiro atoms. The van der Waals surface area contributed by atoms with Gasteiger partial charge in [-0.25, -0.2) is 4.79 Å². The standard InChI is InChI=1S/C11H9Cl2NO2/c1-2-16-11(15)7-3-9-4-8(12)5-10(13)14(9)6-7/h3-6H,2H2,1H3. The van der Waals surface area contributed by atoms with Crippen LogP contribution in [0.5, 0.6) is 0 Å². The zero-order chi connectivity index (χ0) is 11.7. The molecule has 0 amide bonds. The van der Waals surface area contributed by atoms with Crippen LogP contribution in [-0.2, 0) is 4.74 Å². The fourth-order valence-corrected chi connectivity index (χ4v) is 2.00. The number of esters is 1. The van der Waals surface area contributed by atoms with Crippen molar-refractivity contribution >= 4 is 34.7 Å². The summed E-state index contributed by atoms with van der Waals surface area (Å²) in [7, 11) is 0. The first-order chi connectivity index (χ1) is 7.61. The molecule has 0 atom stereocenters. The van der Waals surface area contributed by atoms with Gasteiger partial charge in [-0.1, -0.05) is 23.2 Å². The third-order valence-corrected chi connectivity index (χ3v) is 2.64. The van der Waals surface area contributed by atoms with Crippen LogP contribution in [0.2, 0.25) is 10.2 Å². The summed E-state index contributed by atoms with van der Waals surface area (Å²) in [6.45, 7) is 2.11. The highest BCUT2D eigenvalue weighted by molar-refractivity contribution is 6.34. The molecule has 2 aromatic heterocycles. The molecular weight excluding hydrogens is 249 g/mol. The summed E-state index contributed by atoms with van der Waals surface area (Å²) in [6, 6.07) is 5.04. The largest absolute Gasteiger partial charge is 0.462 e. The van der Waals surface area contributed by atoms with Crippen LogP contribution in [0.15, 0.2) is 24.4 Å². The molecule has 2 heterocycles. The second kappa shape index (κ2) is 4.36. The van der Waals surface area contributed by atoms with Crippen molar-refractivity contribution in [3.63, 3.8) is 0 Å². The molecule has 0 bridgehead atoms. The minimum Gasteiger partial charge on any atom is -0.462 e. The van der Waals surface area contributed by atoms with Crippen molar-refractivity contribution in [2.24, 2.45) is 0 Å². The van der Waals surface area contributed by atoms with Gasteiger partial charge >= 0.3 is 5.97 Å². The summed E-state index contributed by atoms with van der Waals surface area (Å²) < 4.78 is 6.58. The lowest BCUT2D eigenvalue weighted by Crippen LogP contribution is -2.02. The third-order valence-electron chi connectivity index (χ3n) is 2.13. The number of pyridine rings is 1. The van der Waals surface area contributed by atoms with Crippen molar-refractivity contribution in [2.45, 2.75) is 6.92 Å². The van der Waals surface area contributed by atoms with Crippen molar-refractivity contribution in [3.8, 4) is 0 Å². The van der Waals surface area contributed by atoms with Crippen molar-refractivity contribution in [1.29, 1.82) is 0 Å². The number of aromatic nitrogens is 1. The van der Waals surface area contributed by atoms with Gasteiger partial charge in [-0.15, -0.1) is 0 Å². The molecule has 2 rings (SSSR count). The van der Waals surface area contributed by atoms with E-state index in [1.165, 1.54) is 0 Å². The van der Waals surface area contributed by atoms with Gasteiger partial charge in [0.25, 0.3) is 0 Å². The van der Waals surface area contributed by atoms with Crippen LogP contribution >= 0.6 is 23.2 Å². The van der Waals surface area contributed by atoms with E-state index < -0.39 is 0 Å². The van der Waals surface area contributed by atoms with Crippen LogP contribution in [0.3, 0.4) is 0 Å². The van der Waals surface area contributed by atoms with E-state index >= 15 is 0 Å². The van der Waals surface area contributed by atoms with Gasteiger partial charge in [-0.2, -0.15) is 0 Å². The first kappa shape index (κ1) is 11.3. The molecule has 0 saturated heterocycles. The number of fused-ring (bicyclic) bond motifs is 1. The Morgan fingerprint density at radius 3 is 2.81 bits per heavy atom. The number of rotatable bonds is 2. The monoisotopic (exact) mass is 257 g/mol. The number of hydrogen-bond acceptors (Lipinski definition) is 2. The van der Waals surface area contributed by atoms with Crippen molar-refractivity contribution in [3.05, 3.63) is 40.1 Å². The maximum atomic E-state index is 11.5. The Bertz CT molecular complexity index is 548. The predicted molar refractivity (Wildman–Crippen MR) is 63.4 cm³/mol. The SMILES string of the molecule is CCOC(=O)c1cc2cc(Cl)cc(Cl)n2c1. The second-order valence-electron chi connectivity index (χ2n) is 3.24. The Morgan fingerprint density at radius 1 is 1.38 bits per heavy atom. The molecule has 0 radical (unpaired) electrons. The van der Waals surface area contributed by atoms with E-state index in [0.29, 0.717) is 22.3 Å². The number of carbonyl (C=O) groups is 1. The van der Waals surface area contributed by atoms with Gasteiger partial charge in [0.05, 0.1) is 12.2 Å². The highest BCUT2D eigenvalue weighted by Gasteiger charge is 2.11. The topological polar surface area (TPSA) is 30.7 Å². The Morgan fingerprint density at radius 2 is 2.12 bits per heavy atom. The highest BCUT2D eigenvalue weighted by Crippen LogP contribution is 2.22. The number of carbonyl (C=O) groups excluding carboxylic acids is 1. The average Bonchev–Trinajstić information content (AvgIpc) is 2.62. The maximum absolute atomic E-state index is 11.5. The zero-order valence-electron chi connectivity index (χ0n) is 8.54. The van der Waals surface area contributed by atoms with Gasteiger partial charge in [-0.3, -0.25) is 0 Å². The van der Waals surface area contributed by atoms with Gasteiger partial charge < -0.3 is 9.14 Å². The molecule has 0 N–H and O–H groups in total. The summed E-state index contributed by atoms with van der Waals surface area (Å²) in [5, 5.41) is 0.990. The van der Waals surface area contributed by atoms with Crippen LogP contribution in [-0.4, -0.2) is 17.0 Å². The van der Waals surface area contributed by atoms with Crippen molar-refractivity contribution in [1.82, 2.24) is 4.40 Å². The van der Waals surface area contributed by atoms with Gasteiger partial charge in [0.1, 0.15) is 5.15 Å². The molecule has 0 aromatic carbocycles. The quantitative estimate of drug-likeness (QED) is 0.610. The van der Waals surface area contributed by atoms with Crippen LogP contribution in [0.4, 0.5) is 0 Å². The number of hydrogen-bond donors (Lipinski definition) is 0.